The van der Waals surface area contributed by atoms with Crippen molar-refractivity contribution >= 4 is 47.8 Å². The van der Waals surface area contributed by atoms with E-state index in [-0.39, 0.29) is 24.0 Å². The molecule has 0 fully saturated rings. The molecule has 3 N–H and O–H groups in total. The van der Waals surface area contributed by atoms with E-state index in [1.165, 1.54) is 0 Å². The molecule has 0 bridgehead atoms. The lowest BCUT2D eigenvalue weighted by Crippen LogP contribution is -2.49. The van der Waals surface area contributed by atoms with Gasteiger partial charge in [0.1, 0.15) is 5.60 Å². The summed E-state index contributed by atoms with van der Waals surface area (Å²) >= 11 is 1.83. The summed E-state index contributed by atoms with van der Waals surface area (Å²) in [5.74, 6) is 1.89. The summed E-state index contributed by atoms with van der Waals surface area (Å²) in [5.41, 5.74) is -0.985. The van der Waals surface area contributed by atoms with Crippen LogP contribution in [0.5, 0.6) is 0 Å². The Balaban J connectivity index is 0. The summed E-state index contributed by atoms with van der Waals surface area (Å²) in [5, 5.41) is 9.37. The zero-order chi connectivity index (χ0) is 17.9. The van der Waals surface area contributed by atoms with Crippen molar-refractivity contribution in [3.63, 3.8) is 0 Å². The van der Waals surface area contributed by atoms with Gasteiger partial charge in [0.2, 0.25) is 0 Å². The van der Waals surface area contributed by atoms with Crippen molar-refractivity contribution in [1.29, 1.82) is 0 Å². The zero-order valence-corrected chi connectivity index (χ0v) is 19.3. The summed E-state index contributed by atoms with van der Waals surface area (Å²) < 4.78 is 5.29. The standard InChI is InChI=1S/C16H34N4O2S.HI/c1-8-17-13(18-10-9-11-23-7)19-12-16(5,6)20-14(21)22-15(2,3)4;/h8-12H2,1-7H3,(H,20,21)(H2,17,18,19);1H. The molecule has 0 unspecified atom stereocenters. The minimum atomic E-state index is -0.503. The minimum absolute atomic E-state index is 0. The van der Waals surface area contributed by atoms with Gasteiger partial charge in [-0.15, -0.1) is 24.0 Å². The van der Waals surface area contributed by atoms with Crippen molar-refractivity contribution in [1.82, 2.24) is 16.0 Å². The van der Waals surface area contributed by atoms with Crippen LogP contribution in [0, 0.1) is 0 Å². The zero-order valence-electron chi connectivity index (χ0n) is 16.1. The van der Waals surface area contributed by atoms with Crippen LogP contribution < -0.4 is 16.0 Å². The van der Waals surface area contributed by atoms with E-state index in [1.807, 2.05) is 53.3 Å². The lowest BCUT2D eigenvalue weighted by atomic mass is 10.1. The van der Waals surface area contributed by atoms with Crippen LogP contribution in [0.1, 0.15) is 48.0 Å². The number of guanidine groups is 1. The molecule has 0 spiro atoms. The molecule has 144 valence electrons. The maximum atomic E-state index is 11.9. The average molecular weight is 474 g/mol. The van der Waals surface area contributed by atoms with Gasteiger partial charge in [-0.2, -0.15) is 11.8 Å². The van der Waals surface area contributed by atoms with Gasteiger partial charge >= 0.3 is 6.09 Å². The van der Waals surface area contributed by atoms with E-state index in [0.29, 0.717) is 6.54 Å². The fraction of sp³-hybridized carbons (Fsp3) is 0.875. The average Bonchev–Trinajstić information content (AvgIpc) is 2.37. The summed E-state index contributed by atoms with van der Waals surface area (Å²) in [6, 6.07) is 0. The highest BCUT2D eigenvalue weighted by atomic mass is 127. The Morgan fingerprint density at radius 2 is 1.79 bits per heavy atom. The highest BCUT2D eigenvalue weighted by Crippen LogP contribution is 2.09. The fourth-order valence-electron chi connectivity index (χ4n) is 1.66. The third kappa shape index (κ3) is 15.2. The molecule has 0 aliphatic rings. The molecule has 0 aromatic rings. The number of nitrogens with zero attached hydrogens (tertiary/aromatic N) is 1. The van der Waals surface area contributed by atoms with Crippen LogP contribution in [0.15, 0.2) is 4.99 Å². The van der Waals surface area contributed by atoms with Crippen molar-refractivity contribution in [2.75, 3.05) is 31.6 Å². The number of thioether (sulfide) groups is 1. The highest BCUT2D eigenvalue weighted by molar-refractivity contribution is 14.0. The Labute approximate surface area is 168 Å². The van der Waals surface area contributed by atoms with E-state index in [2.05, 4.69) is 27.2 Å². The van der Waals surface area contributed by atoms with Crippen LogP contribution in [-0.2, 0) is 4.74 Å². The van der Waals surface area contributed by atoms with Crippen LogP contribution in [0.3, 0.4) is 0 Å². The maximum absolute atomic E-state index is 11.9. The molecule has 0 aliphatic heterocycles. The van der Waals surface area contributed by atoms with Crippen LogP contribution in [0.4, 0.5) is 4.79 Å². The Morgan fingerprint density at radius 3 is 2.29 bits per heavy atom. The molecule has 0 aromatic carbocycles. The van der Waals surface area contributed by atoms with E-state index in [4.69, 9.17) is 4.74 Å². The van der Waals surface area contributed by atoms with Gasteiger partial charge in [0.05, 0.1) is 12.1 Å². The molecular weight excluding hydrogens is 439 g/mol. The fourth-order valence-corrected chi connectivity index (χ4v) is 2.09. The minimum Gasteiger partial charge on any atom is -0.444 e. The van der Waals surface area contributed by atoms with Gasteiger partial charge in [-0.25, -0.2) is 4.79 Å². The first-order chi connectivity index (χ1) is 10.6. The van der Waals surface area contributed by atoms with Gasteiger partial charge in [0.15, 0.2) is 5.96 Å². The lowest BCUT2D eigenvalue weighted by molar-refractivity contribution is 0.0476. The molecule has 24 heavy (non-hydrogen) atoms. The van der Waals surface area contributed by atoms with Crippen molar-refractivity contribution in [3.05, 3.63) is 0 Å². The third-order valence-corrected chi connectivity index (χ3v) is 3.33. The first-order valence-corrected chi connectivity index (χ1v) is 9.51. The summed E-state index contributed by atoms with van der Waals surface area (Å²) in [6.07, 6.45) is 2.77. The van der Waals surface area contributed by atoms with Gasteiger partial charge in [-0.3, -0.25) is 4.99 Å². The Morgan fingerprint density at radius 1 is 1.17 bits per heavy atom. The van der Waals surface area contributed by atoms with Crippen LogP contribution in [-0.4, -0.2) is 54.8 Å². The largest absolute Gasteiger partial charge is 0.444 e. The van der Waals surface area contributed by atoms with Gasteiger partial charge in [0, 0.05) is 13.1 Å². The van der Waals surface area contributed by atoms with Gasteiger partial charge in [-0.05, 0) is 60.0 Å². The molecule has 0 atom stereocenters. The predicted octanol–water partition coefficient (Wildman–Crippen LogP) is 3.22. The molecule has 0 saturated heterocycles. The molecule has 0 aliphatic carbocycles. The van der Waals surface area contributed by atoms with Crippen LogP contribution >= 0.6 is 35.7 Å². The number of halogens is 1. The SMILES string of the molecule is CCNC(=NCC(C)(C)NC(=O)OC(C)(C)C)NCCCSC.I. The van der Waals surface area contributed by atoms with Crippen LogP contribution in [0.25, 0.3) is 0 Å². The second-order valence-corrected chi connectivity index (χ2v) is 7.96. The molecule has 0 heterocycles. The number of carbonyl (C=O) groups excluding carboxylic acids is 1. The van der Waals surface area contributed by atoms with Gasteiger partial charge < -0.3 is 20.7 Å². The summed E-state index contributed by atoms with van der Waals surface area (Å²) in [6.45, 7) is 13.6. The van der Waals surface area contributed by atoms with Crippen molar-refractivity contribution in [2.24, 2.45) is 4.99 Å². The Hall–Kier alpha value is -0.380. The van der Waals surface area contributed by atoms with E-state index < -0.39 is 17.2 Å². The monoisotopic (exact) mass is 474 g/mol. The molecular formula is C16H35IN4O2S. The van der Waals surface area contributed by atoms with Crippen LogP contribution in [0.2, 0.25) is 0 Å². The third-order valence-electron chi connectivity index (χ3n) is 2.63. The second kappa shape index (κ2) is 12.9. The van der Waals surface area contributed by atoms with Gasteiger partial charge in [0.25, 0.3) is 0 Å². The molecule has 0 rings (SSSR count). The first kappa shape index (κ1) is 25.9. The number of aliphatic imine (C=N–C) groups is 1. The van der Waals surface area contributed by atoms with Crippen molar-refractivity contribution < 1.29 is 9.53 Å². The second-order valence-electron chi connectivity index (χ2n) is 6.98. The maximum Gasteiger partial charge on any atom is 0.408 e. The van der Waals surface area contributed by atoms with E-state index in [1.54, 1.807) is 0 Å². The lowest BCUT2D eigenvalue weighted by Gasteiger charge is -2.27. The Kier molecular flexibility index (Phi) is 13.9. The predicted molar refractivity (Wildman–Crippen MR) is 116 cm³/mol. The van der Waals surface area contributed by atoms with Crippen molar-refractivity contribution in [2.45, 2.75) is 59.1 Å². The number of amides is 1. The summed E-state index contributed by atoms with van der Waals surface area (Å²) in [7, 11) is 0. The first-order valence-electron chi connectivity index (χ1n) is 8.12. The quantitative estimate of drug-likeness (QED) is 0.218. The van der Waals surface area contributed by atoms with E-state index >= 15 is 0 Å². The topological polar surface area (TPSA) is 74.8 Å². The number of alkyl carbamates (subject to hydrolysis) is 1. The molecule has 6 nitrogen and oxygen atoms in total. The van der Waals surface area contributed by atoms with Gasteiger partial charge in [-0.1, -0.05) is 0 Å². The smallest absolute Gasteiger partial charge is 0.408 e. The molecule has 0 radical (unpaired) electrons. The highest BCUT2D eigenvalue weighted by Gasteiger charge is 2.24. The number of hydrogen-bond donors (Lipinski definition) is 3. The normalized spacial score (nSPS) is 12.2. The number of rotatable bonds is 8. The van der Waals surface area contributed by atoms with Crippen molar-refractivity contribution in [3.8, 4) is 0 Å². The molecule has 1 amide bonds. The molecule has 8 heteroatoms. The van der Waals surface area contributed by atoms with E-state index in [0.717, 1.165) is 31.2 Å². The number of ether oxygens (including phenoxy) is 1. The number of nitrogens with one attached hydrogen (secondary N) is 3. The summed E-state index contributed by atoms with van der Waals surface area (Å²) in [4.78, 5) is 16.4. The Bertz CT molecular complexity index is 385. The van der Waals surface area contributed by atoms with E-state index in [9.17, 15) is 4.79 Å². The molecule has 0 saturated carbocycles. The number of carbonyl (C=O) groups is 1. The number of hydrogen-bond acceptors (Lipinski definition) is 4. The molecule has 0 aromatic heterocycles.